The highest BCUT2D eigenvalue weighted by Gasteiger charge is 2.19. The molecule has 102 valence electrons. The SMILES string of the molecule is COc1ccc(C(O)c2occc2C)c2ccccc12. The fourth-order valence-corrected chi connectivity index (χ4v) is 2.52. The van der Waals surface area contributed by atoms with Gasteiger partial charge in [-0.25, -0.2) is 0 Å². The number of benzene rings is 2. The van der Waals surface area contributed by atoms with Gasteiger partial charge in [0.25, 0.3) is 0 Å². The van der Waals surface area contributed by atoms with Gasteiger partial charge in [-0.3, -0.25) is 0 Å². The number of rotatable bonds is 3. The maximum Gasteiger partial charge on any atom is 0.139 e. The van der Waals surface area contributed by atoms with E-state index in [-0.39, 0.29) is 0 Å². The highest BCUT2D eigenvalue weighted by molar-refractivity contribution is 5.91. The Kier molecular flexibility index (Phi) is 3.20. The number of aliphatic hydroxyl groups is 1. The Morgan fingerprint density at radius 1 is 1.05 bits per heavy atom. The number of hydrogen-bond acceptors (Lipinski definition) is 3. The Hall–Kier alpha value is -2.26. The molecule has 0 amide bonds. The Morgan fingerprint density at radius 3 is 2.45 bits per heavy atom. The van der Waals surface area contributed by atoms with E-state index in [1.54, 1.807) is 13.4 Å². The molecule has 1 aromatic heterocycles. The molecule has 0 aliphatic carbocycles. The minimum Gasteiger partial charge on any atom is -0.496 e. The molecule has 0 radical (unpaired) electrons. The third-order valence-electron chi connectivity index (χ3n) is 3.58. The lowest BCUT2D eigenvalue weighted by Crippen LogP contribution is -2.01. The molecule has 1 unspecified atom stereocenters. The van der Waals surface area contributed by atoms with E-state index in [2.05, 4.69) is 0 Å². The largest absolute Gasteiger partial charge is 0.496 e. The molecule has 1 N–H and O–H groups in total. The van der Waals surface area contributed by atoms with Gasteiger partial charge in [-0.2, -0.15) is 0 Å². The second-order valence-electron chi connectivity index (χ2n) is 4.77. The van der Waals surface area contributed by atoms with Crippen molar-refractivity contribution < 1.29 is 14.3 Å². The van der Waals surface area contributed by atoms with E-state index >= 15 is 0 Å². The molecule has 0 fully saturated rings. The zero-order valence-corrected chi connectivity index (χ0v) is 11.5. The molecule has 3 nitrogen and oxygen atoms in total. The molecule has 0 bridgehead atoms. The van der Waals surface area contributed by atoms with Gasteiger partial charge in [0.2, 0.25) is 0 Å². The summed E-state index contributed by atoms with van der Waals surface area (Å²) < 4.78 is 10.8. The van der Waals surface area contributed by atoms with Crippen LogP contribution in [0.25, 0.3) is 10.8 Å². The molecule has 0 aliphatic rings. The summed E-state index contributed by atoms with van der Waals surface area (Å²) in [4.78, 5) is 0. The van der Waals surface area contributed by atoms with Crippen molar-refractivity contribution in [2.75, 3.05) is 7.11 Å². The molecule has 20 heavy (non-hydrogen) atoms. The maximum absolute atomic E-state index is 10.6. The first-order chi connectivity index (χ1) is 9.72. The summed E-state index contributed by atoms with van der Waals surface area (Å²) in [5.41, 5.74) is 1.76. The van der Waals surface area contributed by atoms with Gasteiger partial charge in [-0.15, -0.1) is 0 Å². The van der Waals surface area contributed by atoms with Crippen molar-refractivity contribution in [2.24, 2.45) is 0 Å². The van der Waals surface area contributed by atoms with Gasteiger partial charge in [0, 0.05) is 5.39 Å². The van der Waals surface area contributed by atoms with Crippen molar-refractivity contribution in [2.45, 2.75) is 13.0 Å². The quantitative estimate of drug-likeness (QED) is 0.785. The molecular formula is C17H16O3. The van der Waals surface area contributed by atoms with Gasteiger partial charge in [0.15, 0.2) is 0 Å². The average molecular weight is 268 g/mol. The zero-order chi connectivity index (χ0) is 14.1. The van der Waals surface area contributed by atoms with Crippen LogP contribution in [0.3, 0.4) is 0 Å². The van der Waals surface area contributed by atoms with Crippen LogP contribution < -0.4 is 4.74 Å². The minimum atomic E-state index is -0.777. The van der Waals surface area contributed by atoms with Gasteiger partial charge >= 0.3 is 0 Å². The summed E-state index contributed by atoms with van der Waals surface area (Å²) >= 11 is 0. The van der Waals surface area contributed by atoms with Gasteiger partial charge in [0.1, 0.15) is 17.6 Å². The van der Waals surface area contributed by atoms with Crippen LogP contribution in [0.2, 0.25) is 0 Å². The van der Waals surface area contributed by atoms with Crippen LogP contribution in [-0.2, 0) is 0 Å². The lowest BCUT2D eigenvalue weighted by atomic mass is 9.97. The van der Waals surface area contributed by atoms with E-state index < -0.39 is 6.10 Å². The van der Waals surface area contributed by atoms with Crippen LogP contribution in [0.5, 0.6) is 5.75 Å². The number of fused-ring (bicyclic) bond motifs is 1. The highest BCUT2D eigenvalue weighted by atomic mass is 16.5. The molecule has 0 saturated carbocycles. The van der Waals surface area contributed by atoms with Gasteiger partial charge < -0.3 is 14.3 Å². The average Bonchev–Trinajstić information content (AvgIpc) is 2.91. The van der Waals surface area contributed by atoms with Crippen molar-refractivity contribution in [3.8, 4) is 5.75 Å². The molecule has 3 aromatic rings. The molecular weight excluding hydrogens is 252 g/mol. The summed E-state index contributed by atoms with van der Waals surface area (Å²) in [5.74, 6) is 1.38. The van der Waals surface area contributed by atoms with Crippen LogP contribution in [0.4, 0.5) is 0 Å². The summed E-state index contributed by atoms with van der Waals surface area (Å²) in [7, 11) is 1.65. The van der Waals surface area contributed by atoms with E-state index in [1.165, 1.54) is 0 Å². The van der Waals surface area contributed by atoms with Crippen molar-refractivity contribution >= 4 is 10.8 Å². The Bertz CT molecular complexity index is 743. The topological polar surface area (TPSA) is 42.6 Å². The summed E-state index contributed by atoms with van der Waals surface area (Å²) in [6.45, 7) is 1.92. The standard InChI is InChI=1S/C17H16O3/c1-11-9-10-20-17(11)16(18)14-7-8-15(19-2)13-6-4-3-5-12(13)14/h3-10,16,18H,1-2H3. The van der Waals surface area contributed by atoms with Crippen molar-refractivity contribution in [3.05, 3.63) is 65.6 Å². The molecule has 3 heteroatoms. The number of ether oxygens (including phenoxy) is 1. The van der Waals surface area contributed by atoms with Gasteiger partial charge in [-0.05, 0) is 35.6 Å². The third kappa shape index (κ3) is 1.96. The molecule has 0 saturated heterocycles. The van der Waals surface area contributed by atoms with Crippen LogP contribution in [-0.4, -0.2) is 12.2 Å². The molecule has 3 rings (SSSR count). The monoisotopic (exact) mass is 268 g/mol. The smallest absolute Gasteiger partial charge is 0.139 e. The first-order valence-electron chi connectivity index (χ1n) is 6.50. The van der Waals surface area contributed by atoms with Crippen molar-refractivity contribution in [3.63, 3.8) is 0 Å². The minimum absolute atomic E-state index is 0.584. The fraction of sp³-hybridized carbons (Fsp3) is 0.176. The summed E-state index contributed by atoms with van der Waals surface area (Å²) in [6.07, 6.45) is 0.820. The van der Waals surface area contributed by atoms with Crippen LogP contribution in [0, 0.1) is 6.92 Å². The number of hydrogen-bond donors (Lipinski definition) is 1. The molecule has 1 heterocycles. The molecule has 1 atom stereocenters. The number of aryl methyl sites for hydroxylation is 1. The predicted octanol–water partition coefficient (Wildman–Crippen LogP) is 3.83. The van der Waals surface area contributed by atoms with Crippen molar-refractivity contribution in [1.82, 2.24) is 0 Å². The summed E-state index contributed by atoms with van der Waals surface area (Å²) in [5, 5.41) is 12.5. The Balaban J connectivity index is 2.20. The van der Waals surface area contributed by atoms with E-state index in [0.717, 1.165) is 27.6 Å². The Labute approximate surface area is 117 Å². The van der Waals surface area contributed by atoms with E-state index in [0.29, 0.717) is 5.76 Å². The lowest BCUT2D eigenvalue weighted by Gasteiger charge is -2.14. The zero-order valence-electron chi connectivity index (χ0n) is 11.5. The second-order valence-corrected chi connectivity index (χ2v) is 4.77. The van der Waals surface area contributed by atoms with Crippen LogP contribution >= 0.6 is 0 Å². The predicted molar refractivity (Wildman–Crippen MR) is 78.0 cm³/mol. The first-order valence-corrected chi connectivity index (χ1v) is 6.50. The third-order valence-corrected chi connectivity index (χ3v) is 3.58. The summed E-state index contributed by atoms with van der Waals surface area (Å²) in [6, 6.07) is 13.5. The Morgan fingerprint density at radius 2 is 1.80 bits per heavy atom. The van der Waals surface area contributed by atoms with Crippen LogP contribution in [0.1, 0.15) is 23.0 Å². The van der Waals surface area contributed by atoms with Crippen molar-refractivity contribution in [1.29, 1.82) is 0 Å². The lowest BCUT2D eigenvalue weighted by molar-refractivity contribution is 0.189. The first kappa shape index (κ1) is 12.8. The van der Waals surface area contributed by atoms with Gasteiger partial charge in [-0.1, -0.05) is 30.3 Å². The second kappa shape index (κ2) is 5.02. The van der Waals surface area contributed by atoms with E-state index in [1.807, 2.05) is 49.4 Å². The van der Waals surface area contributed by atoms with E-state index in [9.17, 15) is 5.11 Å². The highest BCUT2D eigenvalue weighted by Crippen LogP contribution is 2.34. The number of furan rings is 1. The van der Waals surface area contributed by atoms with E-state index in [4.69, 9.17) is 9.15 Å². The molecule has 2 aromatic carbocycles. The number of aliphatic hydroxyl groups excluding tert-OH is 1. The maximum atomic E-state index is 10.6. The normalized spacial score (nSPS) is 12.6. The molecule has 0 spiro atoms. The fourth-order valence-electron chi connectivity index (χ4n) is 2.52. The molecule has 0 aliphatic heterocycles. The number of methoxy groups -OCH3 is 1. The van der Waals surface area contributed by atoms with Gasteiger partial charge in [0.05, 0.1) is 13.4 Å². The van der Waals surface area contributed by atoms with Crippen LogP contribution in [0.15, 0.2) is 53.1 Å².